The molecule has 2 aliphatic heterocycles. The molecule has 2 N–H and O–H groups in total. The van der Waals surface area contributed by atoms with E-state index in [4.69, 9.17) is 11.6 Å². The molecule has 0 aliphatic carbocycles. The molecule has 1 saturated heterocycles. The molecule has 0 saturated carbocycles. The molecule has 4 heteroatoms. The fourth-order valence-corrected chi connectivity index (χ4v) is 3.17. The van der Waals surface area contributed by atoms with Crippen LogP contribution in [0, 0.1) is 0 Å². The molecule has 0 bridgehead atoms. The van der Waals surface area contributed by atoms with Gasteiger partial charge in [0.2, 0.25) is 5.91 Å². The molecular weight excluding hydrogens is 248 g/mol. The molecule has 0 spiro atoms. The second-order valence-corrected chi connectivity index (χ2v) is 5.61. The molecule has 1 atom stereocenters. The summed E-state index contributed by atoms with van der Waals surface area (Å²) in [5, 5.41) is 7.22. The summed E-state index contributed by atoms with van der Waals surface area (Å²) < 4.78 is 0. The highest BCUT2D eigenvalue weighted by Crippen LogP contribution is 2.32. The van der Waals surface area contributed by atoms with Crippen LogP contribution in [0.4, 0.5) is 5.69 Å². The third-order valence-corrected chi connectivity index (χ3v) is 3.98. The van der Waals surface area contributed by atoms with Crippen LogP contribution in [-0.2, 0) is 17.6 Å². The van der Waals surface area contributed by atoms with Gasteiger partial charge in [0.15, 0.2) is 0 Å². The number of hydrogen-bond acceptors (Lipinski definition) is 2. The van der Waals surface area contributed by atoms with E-state index < -0.39 is 0 Å². The summed E-state index contributed by atoms with van der Waals surface area (Å²) >= 11 is 6.13. The fourth-order valence-electron chi connectivity index (χ4n) is 2.91. The number of halogens is 1. The Bertz CT molecular complexity index is 481. The quantitative estimate of drug-likeness (QED) is 0.862. The van der Waals surface area contributed by atoms with Crippen LogP contribution in [0.3, 0.4) is 0 Å². The monoisotopic (exact) mass is 264 g/mol. The van der Waals surface area contributed by atoms with Crippen molar-refractivity contribution in [3.8, 4) is 0 Å². The van der Waals surface area contributed by atoms with Gasteiger partial charge in [0, 0.05) is 16.8 Å². The van der Waals surface area contributed by atoms with Gasteiger partial charge in [-0.05, 0) is 49.1 Å². The molecule has 1 aromatic rings. The average molecular weight is 265 g/mol. The van der Waals surface area contributed by atoms with Gasteiger partial charge in [-0.1, -0.05) is 18.0 Å². The zero-order valence-electron chi connectivity index (χ0n) is 10.3. The van der Waals surface area contributed by atoms with E-state index in [0.29, 0.717) is 12.5 Å². The first-order valence-corrected chi connectivity index (χ1v) is 6.95. The molecule has 18 heavy (non-hydrogen) atoms. The number of nitrogens with one attached hydrogen (secondary N) is 2. The number of carbonyl (C=O) groups is 1. The van der Waals surface area contributed by atoms with E-state index in [1.807, 2.05) is 12.1 Å². The Labute approximate surface area is 112 Å². The molecule has 96 valence electrons. The maximum atomic E-state index is 11.5. The predicted octanol–water partition coefficient (Wildman–Crippen LogP) is 2.52. The normalized spacial score (nSPS) is 22.7. The van der Waals surface area contributed by atoms with Gasteiger partial charge in [-0.25, -0.2) is 0 Å². The number of anilines is 1. The number of piperidine rings is 1. The highest BCUT2D eigenvalue weighted by Gasteiger charge is 2.23. The van der Waals surface area contributed by atoms with Crippen LogP contribution in [0.2, 0.25) is 5.02 Å². The molecule has 2 aliphatic rings. The Morgan fingerprint density at radius 3 is 3.00 bits per heavy atom. The molecule has 1 aromatic carbocycles. The van der Waals surface area contributed by atoms with E-state index in [9.17, 15) is 4.79 Å². The number of benzene rings is 1. The zero-order valence-corrected chi connectivity index (χ0v) is 11.0. The Kier molecular flexibility index (Phi) is 3.27. The first-order valence-electron chi connectivity index (χ1n) is 6.57. The molecule has 0 aromatic heterocycles. The van der Waals surface area contributed by atoms with Crippen molar-refractivity contribution in [2.24, 2.45) is 0 Å². The van der Waals surface area contributed by atoms with Crippen molar-refractivity contribution < 1.29 is 4.79 Å². The summed E-state index contributed by atoms with van der Waals surface area (Å²) in [5.74, 6) is 0.0742. The summed E-state index contributed by atoms with van der Waals surface area (Å²) in [6.45, 7) is 1.10. The topological polar surface area (TPSA) is 41.1 Å². The maximum absolute atomic E-state index is 11.5. The van der Waals surface area contributed by atoms with Gasteiger partial charge in [-0.2, -0.15) is 0 Å². The van der Waals surface area contributed by atoms with Crippen LogP contribution in [-0.4, -0.2) is 18.5 Å². The molecule has 3 nitrogen and oxygen atoms in total. The predicted molar refractivity (Wildman–Crippen MR) is 73.1 cm³/mol. The minimum absolute atomic E-state index is 0.0742. The van der Waals surface area contributed by atoms with E-state index in [2.05, 4.69) is 10.6 Å². The minimum atomic E-state index is 0.0742. The lowest BCUT2D eigenvalue weighted by Gasteiger charge is -2.24. The van der Waals surface area contributed by atoms with Crippen molar-refractivity contribution in [3.05, 3.63) is 28.3 Å². The Morgan fingerprint density at radius 1 is 1.33 bits per heavy atom. The lowest BCUT2D eigenvalue weighted by atomic mass is 9.95. The van der Waals surface area contributed by atoms with Gasteiger partial charge in [0.1, 0.15) is 0 Å². The van der Waals surface area contributed by atoms with Crippen LogP contribution >= 0.6 is 11.6 Å². The smallest absolute Gasteiger partial charge is 0.228 e. The highest BCUT2D eigenvalue weighted by atomic mass is 35.5. The number of hydrogen-bond donors (Lipinski definition) is 2. The van der Waals surface area contributed by atoms with Crippen molar-refractivity contribution in [1.29, 1.82) is 0 Å². The number of carbonyl (C=O) groups excluding carboxylic acids is 1. The summed E-state index contributed by atoms with van der Waals surface area (Å²) in [5.41, 5.74) is 3.21. The first-order chi connectivity index (χ1) is 8.72. The lowest BCUT2D eigenvalue weighted by Crippen LogP contribution is -2.35. The van der Waals surface area contributed by atoms with Gasteiger partial charge in [0.25, 0.3) is 0 Å². The maximum Gasteiger partial charge on any atom is 0.228 e. The first kappa shape index (κ1) is 12.0. The second kappa shape index (κ2) is 4.90. The van der Waals surface area contributed by atoms with E-state index in [-0.39, 0.29) is 5.91 Å². The number of rotatable bonds is 2. The SMILES string of the molecule is O=C1Cc2cc(Cl)cc(CC3CCCCN3)c2N1. The van der Waals surface area contributed by atoms with Gasteiger partial charge in [0.05, 0.1) is 6.42 Å². The number of fused-ring (bicyclic) bond motifs is 1. The van der Waals surface area contributed by atoms with Crippen molar-refractivity contribution in [2.75, 3.05) is 11.9 Å². The Hall–Kier alpha value is -1.06. The standard InChI is InChI=1S/C14H17ClN2O/c15-11-5-9(7-12-3-1-2-4-16-12)14-10(6-11)8-13(18)17-14/h5-6,12,16H,1-4,7-8H2,(H,17,18). The van der Waals surface area contributed by atoms with Crippen molar-refractivity contribution in [2.45, 2.75) is 38.1 Å². The van der Waals surface area contributed by atoms with Crippen LogP contribution in [0.5, 0.6) is 0 Å². The fraction of sp³-hybridized carbons (Fsp3) is 0.500. The van der Waals surface area contributed by atoms with Gasteiger partial charge >= 0.3 is 0 Å². The molecule has 0 radical (unpaired) electrons. The van der Waals surface area contributed by atoms with E-state index in [1.54, 1.807) is 0 Å². The minimum Gasteiger partial charge on any atom is -0.325 e. The molecule has 1 unspecified atom stereocenters. The molecule has 1 fully saturated rings. The molecule has 3 rings (SSSR count). The lowest BCUT2D eigenvalue weighted by molar-refractivity contribution is -0.115. The Morgan fingerprint density at radius 2 is 2.22 bits per heavy atom. The van der Waals surface area contributed by atoms with E-state index in [1.165, 1.54) is 24.8 Å². The third kappa shape index (κ3) is 2.38. The van der Waals surface area contributed by atoms with Crippen molar-refractivity contribution in [1.82, 2.24) is 5.32 Å². The van der Waals surface area contributed by atoms with Crippen LogP contribution in [0.1, 0.15) is 30.4 Å². The van der Waals surface area contributed by atoms with Crippen LogP contribution < -0.4 is 10.6 Å². The second-order valence-electron chi connectivity index (χ2n) is 5.17. The summed E-state index contributed by atoms with van der Waals surface area (Å²) in [4.78, 5) is 11.5. The Balaban J connectivity index is 1.85. The molecular formula is C14H17ClN2O. The highest BCUT2D eigenvalue weighted by molar-refractivity contribution is 6.31. The zero-order chi connectivity index (χ0) is 12.5. The molecule has 2 heterocycles. The summed E-state index contributed by atoms with van der Waals surface area (Å²) in [6.07, 6.45) is 5.16. The van der Waals surface area contributed by atoms with Gasteiger partial charge in [-0.3, -0.25) is 4.79 Å². The van der Waals surface area contributed by atoms with E-state index >= 15 is 0 Å². The number of amides is 1. The summed E-state index contributed by atoms with van der Waals surface area (Å²) in [6, 6.07) is 4.40. The third-order valence-electron chi connectivity index (χ3n) is 3.76. The average Bonchev–Trinajstić information content (AvgIpc) is 2.71. The van der Waals surface area contributed by atoms with Gasteiger partial charge in [-0.15, -0.1) is 0 Å². The van der Waals surface area contributed by atoms with Gasteiger partial charge < -0.3 is 10.6 Å². The molecule has 1 amide bonds. The van der Waals surface area contributed by atoms with Crippen LogP contribution in [0.25, 0.3) is 0 Å². The van der Waals surface area contributed by atoms with Crippen molar-refractivity contribution >= 4 is 23.2 Å². The summed E-state index contributed by atoms with van der Waals surface area (Å²) in [7, 11) is 0. The van der Waals surface area contributed by atoms with Crippen LogP contribution in [0.15, 0.2) is 12.1 Å². The van der Waals surface area contributed by atoms with Crippen molar-refractivity contribution in [3.63, 3.8) is 0 Å². The van der Waals surface area contributed by atoms with E-state index in [0.717, 1.165) is 29.2 Å². The largest absolute Gasteiger partial charge is 0.325 e.